The highest BCUT2D eigenvalue weighted by Crippen LogP contribution is 2.24. The lowest BCUT2D eigenvalue weighted by atomic mass is 10.0. The van der Waals surface area contributed by atoms with Gasteiger partial charge in [-0.1, -0.05) is 13.8 Å². The number of carbonyl (C=O) groups excluding carboxylic acids is 1. The molecule has 2 atom stereocenters. The molecule has 0 aromatic heterocycles. The molecule has 0 spiro atoms. The summed E-state index contributed by atoms with van der Waals surface area (Å²) in [7, 11) is 0. The summed E-state index contributed by atoms with van der Waals surface area (Å²) in [5.74, 6) is -0.671. The smallest absolute Gasteiger partial charge is 0.317 e. The number of likely N-dealkylation sites (tertiary alicyclic amines) is 1. The van der Waals surface area contributed by atoms with Crippen LogP contribution in [-0.4, -0.2) is 54.4 Å². The van der Waals surface area contributed by atoms with Crippen molar-refractivity contribution >= 4 is 12.0 Å². The minimum atomic E-state index is -0.829. The first-order valence-corrected chi connectivity index (χ1v) is 7.28. The average molecular weight is 286 g/mol. The molecule has 6 heteroatoms. The second kappa shape index (κ2) is 8.09. The van der Waals surface area contributed by atoms with E-state index in [1.54, 1.807) is 11.8 Å². The minimum Gasteiger partial charge on any atom is -0.481 e. The molecule has 0 bridgehead atoms. The Balaban J connectivity index is 2.19. The highest BCUT2D eigenvalue weighted by molar-refractivity contribution is 5.78. The minimum absolute atomic E-state index is 0.200. The molecule has 1 heterocycles. The van der Waals surface area contributed by atoms with Crippen LogP contribution in [-0.2, 0) is 9.53 Å². The largest absolute Gasteiger partial charge is 0.481 e. The summed E-state index contributed by atoms with van der Waals surface area (Å²) in [4.78, 5) is 24.5. The van der Waals surface area contributed by atoms with E-state index in [0.717, 1.165) is 6.42 Å². The lowest BCUT2D eigenvalue weighted by Crippen LogP contribution is -2.44. The normalized spacial score (nSPS) is 22.3. The van der Waals surface area contributed by atoms with E-state index in [1.165, 1.54) is 0 Å². The van der Waals surface area contributed by atoms with E-state index in [2.05, 4.69) is 19.2 Å². The molecule has 0 aliphatic carbocycles. The SMILES string of the molecule is CC(C)CCOCCNC(=O)N1CCC(C(=O)O)C1C. The summed E-state index contributed by atoms with van der Waals surface area (Å²) >= 11 is 0. The number of nitrogens with zero attached hydrogens (tertiary/aromatic N) is 1. The molecule has 1 saturated heterocycles. The van der Waals surface area contributed by atoms with E-state index < -0.39 is 11.9 Å². The summed E-state index contributed by atoms with van der Waals surface area (Å²) in [6.07, 6.45) is 1.53. The molecule has 2 unspecified atom stereocenters. The lowest BCUT2D eigenvalue weighted by molar-refractivity contribution is -0.142. The van der Waals surface area contributed by atoms with Gasteiger partial charge in [0.15, 0.2) is 0 Å². The maximum atomic E-state index is 11.9. The Bertz CT molecular complexity index is 333. The highest BCUT2D eigenvalue weighted by atomic mass is 16.5. The van der Waals surface area contributed by atoms with Crippen LogP contribution in [0.1, 0.15) is 33.6 Å². The Kier molecular flexibility index (Phi) is 6.78. The molecule has 2 N–H and O–H groups in total. The highest BCUT2D eigenvalue weighted by Gasteiger charge is 2.37. The van der Waals surface area contributed by atoms with Crippen molar-refractivity contribution in [3.8, 4) is 0 Å². The number of nitrogens with one attached hydrogen (secondary N) is 1. The first kappa shape index (κ1) is 16.8. The van der Waals surface area contributed by atoms with Crippen LogP contribution in [0.2, 0.25) is 0 Å². The summed E-state index contributed by atoms with van der Waals surface area (Å²) in [6, 6.07) is -0.455. The van der Waals surface area contributed by atoms with Gasteiger partial charge in [0, 0.05) is 25.7 Å². The van der Waals surface area contributed by atoms with Crippen LogP contribution in [0.4, 0.5) is 4.79 Å². The van der Waals surface area contributed by atoms with Gasteiger partial charge in [0.25, 0.3) is 0 Å². The number of carboxylic acids is 1. The predicted molar refractivity (Wildman–Crippen MR) is 75.6 cm³/mol. The monoisotopic (exact) mass is 286 g/mol. The van der Waals surface area contributed by atoms with E-state index >= 15 is 0 Å². The number of urea groups is 1. The van der Waals surface area contributed by atoms with Crippen molar-refractivity contribution in [1.82, 2.24) is 10.2 Å². The summed E-state index contributed by atoms with van der Waals surface area (Å²) in [5.41, 5.74) is 0. The van der Waals surface area contributed by atoms with Crippen LogP contribution in [0.3, 0.4) is 0 Å². The molecule has 0 aromatic rings. The van der Waals surface area contributed by atoms with E-state index in [-0.39, 0.29) is 12.1 Å². The molecule has 116 valence electrons. The molecule has 0 aromatic carbocycles. The van der Waals surface area contributed by atoms with Crippen molar-refractivity contribution in [2.24, 2.45) is 11.8 Å². The average Bonchev–Trinajstić information content (AvgIpc) is 2.75. The number of amides is 2. The molecule has 20 heavy (non-hydrogen) atoms. The molecule has 1 rings (SSSR count). The van der Waals surface area contributed by atoms with Crippen LogP contribution in [0.15, 0.2) is 0 Å². The Hall–Kier alpha value is -1.30. The van der Waals surface area contributed by atoms with Crippen molar-refractivity contribution in [3.63, 3.8) is 0 Å². The molecule has 2 amide bonds. The standard InChI is InChI=1S/C14H26N2O4/c1-10(2)5-8-20-9-6-15-14(19)16-7-4-12(11(16)3)13(17)18/h10-12H,4-9H2,1-3H3,(H,15,19)(H,17,18). The van der Waals surface area contributed by atoms with Crippen molar-refractivity contribution < 1.29 is 19.4 Å². The zero-order valence-corrected chi connectivity index (χ0v) is 12.6. The molecule has 0 saturated carbocycles. The third-order valence-electron chi connectivity index (χ3n) is 3.70. The van der Waals surface area contributed by atoms with Crippen LogP contribution in [0.5, 0.6) is 0 Å². The van der Waals surface area contributed by atoms with Crippen LogP contribution in [0, 0.1) is 11.8 Å². The molecule has 1 aliphatic heterocycles. The number of carbonyl (C=O) groups is 2. The number of carboxylic acid groups (broad SMARTS) is 1. The fourth-order valence-corrected chi connectivity index (χ4v) is 2.31. The van der Waals surface area contributed by atoms with Gasteiger partial charge < -0.3 is 20.1 Å². The topological polar surface area (TPSA) is 78.9 Å². The fourth-order valence-electron chi connectivity index (χ4n) is 2.31. The van der Waals surface area contributed by atoms with Crippen molar-refractivity contribution in [2.75, 3.05) is 26.3 Å². The first-order chi connectivity index (χ1) is 9.43. The van der Waals surface area contributed by atoms with Crippen molar-refractivity contribution in [1.29, 1.82) is 0 Å². The van der Waals surface area contributed by atoms with Gasteiger partial charge in [0.05, 0.1) is 12.5 Å². The van der Waals surface area contributed by atoms with Gasteiger partial charge in [-0.3, -0.25) is 4.79 Å². The Morgan fingerprint density at radius 2 is 2.10 bits per heavy atom. The third-order valence-corrected chi connectivity index (χ3v) is 3.70. The zero-order valence-electron chi connectivity index (χ0n) is 12.6. The second-order valence-corrected chi connectivity index (χ2v) is 5.69. The number of ether oxygens (including phenoxy) is 1. The van der Waals surface area contributed by atoms with E-state index in [1.807, 2.05) is 0 Å². The van der Waals surface area contributed by atoms with Crippen molar-refractivity contribution in [2.45, 2.75) is 39.7 Å². The van der Waals surface area contributed by atoms with Gasteiger partial charge in [-0.2, -0.15) is 0 Å². The lowest BCUT2D eigenvalue weighted by Gasteiger charge is -2.23. The summed E-state index contributed by atoms with van der Waals surface area (Å²) < 4.78 is 5.42. The van der Waals surface area contributed by atoms with E-state index in [9.17, 15) is 9.59 Å². The second-order valence-electron chi connectivity index (χ2n) is 5.69. The number of hydrogen-bond donors (Lipinski definition) is 2. The van der Waals surface area contributed by atoms with Crippen LogP contribution < -0.4 is 5.32 Å². The predicted octanol–water partition coefficient (Wildman–Crippen LogP) is 1.55. The molecule has 1 fully saturated rings. The Morgan fingerprint density at radius 3 is 2.65 bits per heavy atom. The maximum absolute atomic E-state index is 11.9. The third kappa shape index (κ3) is 5.00. The van der Waals surface area contributed by atoms with Crippen LogP contribution >= 0.6 is 0 Å². The van der Waals surface area contributed by atoms with Gasteiger partial charge in [-0.15, -0.1) is 0 Å². The fraction of sp³-hybridized carbons (Fsp3) is 0.857. The van der Waals surface area contributed by atoms with E-state index in [0.29, 0.717) is 38.6 Å². The first-order valence-electron chi connectivity index (χ1n) is 7.28. The maximum Gasteiger partial charge on any atom is 0.317 e. The molecule has 0 radical (unpaired) electrons. The summed E-state index contributed by atoms with van der Waals surface area (Å²) in [6.45, 7) is 8.20. The van der Waals surface area contributed by atoms with Gasteiger partial charge in [-0.25, -0.2) is 4.79 Å². The van der Waals surface area contributed by atoms with Crippen molar-refractivity contribution in [3.05, 3.63) is 0 Å². The molecular weight excluding hydrogens is 260 g/mol. The molecule has 1 aliphatic rings. The number of hydrogen-bond acceptors (Lipinski definition) is 3. The number of rotatable bonds is 7. The number of aliphatic carboxylic acids is 1. The van der Waals surface area contributed by atoms with Gasteiger partial charge >= 0.3 is 12.0 Å². The molecular formula is C14H26N2O4. The van der Waals surface area contributed by atoms with Gasteiger partial charge in [0.1, 0.15) is 0 Å². The molecule has 6 nitrogen and oxygen atoms in total. The summed E-state index contributed by atoms with van der Waals surface area (Å²) in [5, 5.41) is 11.8. The van der Waals surface area contributed by atoms with Gasteiger partial charge in [0.2, 0.25) is 0 Å². The Morgan fingerprint density at radius 1 is 1.40 bits per heavy atom. The van der Waals surface area contributed by atoms with Crippen LogP contribution in [0.25, 0.3) is 0 Å². The zero-order chi connectivity index (χ0) is 15.1. The Labute approximate surface area is 120 Å². The van der Waals surface area contributed by atoms with E-state index in [4.69, 9.17) is 9.84 Å². The quantitative estimate of drug-likeness (QED) is 0.696. The van der Waals surface area contributed by atoms with Gasteiger partial charge in [-0.05, 0) is 25.7 Å².